The Morgan fingerprint density at radius 2 is 1.87 bits per heavy atom. The predicted octanol–water partition coefficient (Wildman–Crippen LogP) is 4.10. The monoisotopic (exact) mass is 211 g/mol. The smallest absolute Gasteiger partial charge is 0.00355 e. The molecule has 0 spiro atoms. The van der Waals surface area contributed by atoms with Crippen molar-refractivity contribution in [3.8, 4) is 0 Å². The Morgan fingerprint density at radius 1 is 1.20 bits per heavy atom. The average Bonchev–Trinajstić information content (AvgIpc) is 2.22. The maximum atomic E-state index is 2.43. The minimum absolute atomic E-state index is 0.677. The zero-order valence-electron chi connectivity index (χ0n) is 11.3. The molecule has 1 unspecified atom stereocenters. The third-order valence-electron chi connectivity index (χ3n) is 3.14. The van der Waals surface area contributed by atoms with Crippen molar-refractivity contribution in [1.29, 1.82) is 0 Å². The Labute approximate surface area is 96.6 Å². The molecule has 0 amide bonds. The van der Waals surface area contributed by atoms with Crippen molar-refractivity contribution < 1.29 is 0 Å². The molecule has 0 fully saturated rings. The van der Waals surface area contributed by atoms with E-state index in [2.05, 4.69) is 51.8 Å². The van der Waals surface area contributed by atoms with E-state index in [0.29, 0.717) is 6.04 Å². The van der Waals surface area contributed by atoms with Crippen molar-refractivity contribution in [2.75, 3.05) is 13.6 Å². The van der Waals surface area contributed by atoms with Crippen molar-refractivity contribution in [1.82, 2.24) is 4.90 Å². The summed E-state index contributed by atoms with van der Waals surface area (Å²) in [6.45, 7) is 10.2. The minimum atomic E-state index is 0.677. The molecule has 1 heteroatoms. The van der Waals surface area contributed by atoms with Crippen LogP contribution in [0.2, 0.25) is 0 Å². The van der Waals surface area contributed by atoms with E-state index in [1.165, 1.54) is 32.2 Å². The summed E-state index contributed by atoms with van der Waals surface area (Å²) in [5.41, 5.74) is 0. The van der Waals surface area contributed by atoms with Gasteiger partial charge in [-0.25, -0.2) is 0 Å². The van der Waals surface area contributed by atoms with Crippen molar-refractivity contribution in [2.45, 2.75) is 59.4 Å². The Hall–Kier alpha value is -0.300. The van der Waals surface area contributed by atoms with E-state index < -0.39 is 0 Å². The Bertz CT molecular complexity index is 161. The zero-order valence-corrected chi connectivity index (χ0v) is 11.3. The molecule has 0 aliphatic heterocycles. The van der Waals surface area contributed by atoms with E-state index in [9.17, 15) is 0 Å². The van der Waals surface area contributed by atoms with E-state index in [4.69, 9.17) is 0 Å². The Morgan fingerprint density at radius 3 is 2.33 bits per heavy atom. The number of hydrogen-bond acceptors (Lipinski definition) is 1. The molecule has 0 radical (unpaired) electrons. The van der Waals surface area contributed by atoms with Crippen LogP contribution >= 0.6 is 0 Å². The number of allylic oxidation sites excluding steroid dienone is 2. The van der Waals surface area contributed by atoms with Crippen molar-refractivity contribution in [3.05, 3.63) is 12.2 Å². The number of nitrogens with zero attached hydrogens (tertiary/aromatic N) is 1. The molecule has 0 bridgehead atoms. The van der Waals surface area contributed by atoms with Gasteiger partial charge in [-0.3, -0.25) is 0 Å². The van der Waals surface area contributed by atoms with Crippen LogP contribution in [0.15, 0.2) is 12.2 Å². The summed E-state index contributed by atoms with van der Waals surface area (Å²) < 4.78 is 0. The largest absolute Gasteiger partial charge is 0.304 e. The van der Waals surface area contributed by atoms with E-state index in [1.54, 1.807) is 0 Å². The lowest BCUT2D eigenvalue weighted by molar-refractivity contribution is 0.263. The first-order valence-corrected chi connectivity index (χ1v) is 6.48. The quantitative estimate of drug-likeness (QED) is 0.546. The molecular weight excluding hydrogens is 182 g/mol. The molecule has 0 rings (SSSR count). The standard InChI is InChI=1S/C14H29N/c1-6-8-10-14(7-2)11-9-12-15(5)13(3)4/h8,10,13-14H,6-7,9,11-12H2,1-5H3/b10-8-. The lowest BCUT2D eigenvalue weighted by Gasteiger charge is -2.21. The van der Waals surface area contributed by atoms with Crippen LogP contribution in [0.4, 0.5) is 0 Å². The summed E-state index contributed by atoms with van der Waals surface area (Å²) in [6, 6.07) is 0.677. The van der Waals surface area contributed by atoms with Crippen LogP contribution in [0.5, 0.6) is 0 Å². The predicted molar refractivity (Wildman–Crippen MR) is 70.2 cm³/mol. The molecule has 15 heavy (non-hydrogen) atoms. The second kappa shape index (κ2) is 8.96. The lowest BCUT2D eigenvalue weighted by atomic mass is 9.99. The van der Waals surface area contributed by atoms with Gasteiger partial charge in [0, 0.05) is 6.04 Å². The highest BCUT2D eigenvalue weighted by molar-refractivity contribution is 4.86. The summed E-state index contributed by atoms with van der Waals surface area (Å²) in [5.74, 6) is 0.797. The minimum Gasteiger partial charge on any atom is -0.304 e. The third kappa shape index (κ3) is 7.61. The van der Waals surface area contributed by atoms with Crippen molar-refractivity contribution in [2.24, 2.45) is 5.92 Å². The Kier molecular flexibility index (Phi) is 8.79. The summed E-state index contributed by atoms with van der Waals surface area (Å²) >= 11 is 0. The van der Waals surface area contributed by atoms with Gasteiger partial charge in [0.1, 0.15) is 0 Å². The molecule has 1 nitrogen and oxygen atoms in total. The number of rotatable bonds is 8. The van der Waals surface area contributed by atoms with E-state index in [0.717, 1.165) is 5.92 Å². The molecule has 0 heterocycles. The summed E-state index contributed by atoms with van der Waals surface area (Å²) in [5, 5.41) is 0. The summed E-state index contributed by atoms with van der Waals surface area (Å²) in [6.07, 6.45) is 9.81. The van der Waals surface area contributed by atoms with Gasteiger partial charge in [0.25, 0.3) is 0 Å². The van der Waals surface area contributed by atoms with Gasteiger partial charge in [0.2, 0.25) is 0 Å². The Balaban J connectivity index is 3.67. The van der Waals surface area contributed by atoms with Crippen LogP contribution in [0, 0.1) is 5.92 Å². The molecule has 0 saturated heterocycles. The fraction of sp³-hybridized carbons (Fsp3) is 0.857. The van der Waals surface area contributed by atoms with Gasteiger partial charge in [0.05, 0.1) is 0 Å². The molecule has 0 aromatic carbocycles. The lowest BCUT2D eigenvalue weighted by Crippen LogP contribution is -2.27. The van der Waals surface area contributed by atoms with Crippen LogP contribution in [-0.4, -0.2) is 24.5 Å². The highest BCUT2D eigenvalue weighted by Gasteiger charge is 2.05. The SMILES string of the molecule is CC/C=C\C(CC)CCCN(C)C(C)C. The second-order valence-corrected chi connectivity index (χ2v) is 4.72. The first kappa shape index (κ1) is 14.7. The van der Waals surface area contributed by atoms with Crippen LogP contribution < -0.4 is 0 Å². The normalized spacial score (nSPS) is 14.3. The summed E-state index contributed by atoms with van der Waals surface area (Å²) in [7, 11) is 2.22. The van der Waals surface area contributed by atoms with Gasteiger partial charge in [0.15, 0.2) is 0 Å². The van der Waals surface area contributed by atoms with Crippen LogP contribution in [0.25, 0.3) is 0 Å². The fourth-order valence-corrected chi connectivity index (χ4v) is 1.63. The van der Waals surface area contributed by atoms with Gasteiger partial charge in [-0.15, -0.1) is 0 Å². The van der Waals surface area contributed by atoms with Crippen LogP contribution in [0.1, 0.15) is 53.4 Å². The molecule has 0 saturated carbocycles. The highest BCUT2D eigenvalue weighted by atomic mass is 15.1. The van der Waals surface area contributed by atoms with Gasteiger partial charge in [-0.05, 0) is 59.0 Å². The fourth-order valence-electron chi connectivity index (χ4n) is 1.63. The highest BCUT2D eigenvalue weighted by Crippen LogP contribution is 2.13. The maximum absolute atomic E-state index is 2.43. The van der Waals surface area contributed by atoms with Gasteiger partial charge >= 0.3 is 0 Å². The van der Waals surface area contributed by atoms with E-state index in [1.807, 2.05) is 0 Å². The molecular formula is C14H29N. The molecule has 0 aromatic rings. The summed E-state index contributed by atoms with van der Waals surface area (Å²) in [4.78, 5) is 2.43. The maximum Gasteiger partial charge on any atom is 0.00355 e. The van der Waals surface area contributed by atoms with Crippen LogP contribution in [-0.2, 0) is 0 Å². The first-order valence-electron chi connectivity index (χ1n) is 6.48. The van der Waals surface area contributed by atoms with E-state index >= 15 is 0 Å². The average molecular weight is 211 g/mol. The molecule has 0 aromatic heterocycles. The molecule has 0 aliphatic carbocycles. The topological polar surface area (TPSA) is 3.24 Å². The third-order valence-corrected chi connectivity index (χ3v) is 3.14. The molecule has 0 aliphatic rings. The van der Waals surface area contributed by atoms with E-state index in [-0.39, 0.29) is 0 Å². The molecule has 1 atom stereocenters. The molecule has 0 N–H and O–H groups in total. The van der Waals surface area contributed by atoms with Gasteiger partial charge < -0.3 is 4.90 Å². The molecule has 90 valence electrons. The number of hydrogen-bond donors (Lipinski definition) is 0. The van der Waals surface area contributed by atoms with Crippen LogP contribution in [0.3, 0.4) is 0 Å². The van der Waals surface area contributed by atoms with Gasteiger partial charge in [-0.1, -0.05) is 26.0 Å². The zero-order chi connectivity index (χ0) is 11.7. The second-order valence-electron chi connectivity index (χ2n) is 4.72. The van der Waals surface area contributed by atoms with Crippen molar-refractivity contribution in [3.63, 3.8) is 0 Å². The first-order chi connectivity index (χ1) is 7.11. The van der Waals surface area contributed by atoms with Crippen molar-refractivity contribution >= 4 is 0 Å². The van der Waals surface area contributed by atoms with Gasteiger partial charge in [-0.2, -0.15) is 0 Å².